The highest BCUT2D eigenvalue weighted by atomic mass is 16.5. The summed E-state index contributed by atoms with van der Waals surface area (Å²) in [7, 11) is 0. The summed E-state index contributed by atoms with van der Waals surface area (Å²) in [5.41, 5.74) is 1.22. The minimum Gasteiger partial charge on any atom is -0.457 e. The number of hydrogen-bond donors (Lipinski definition) is 1. The van der Waals surface area contributed by atoms with E-state index in [1.54, 1.807) is 0 Å². The summed E-state index contributed by atoms with van der Waals surface area (Å²) in [6, 6.07) is 18.5. The van der Waals surface area contributed by atoms with Crippen LogP contribution in [0.4, 0.5) is 0 Å². The van der Waals surface area contributed by atoms with E-state index < -0.39 is 0 Å². The van der Waals surface area contributed by atoms with Crippen molar-refractivity contribution in [3.63, 3.8) is 0 Å². The Labute approximate surface area is 113 Å². The molecular weight excluding hydrogens is 238 g/mol. The van der Waals surface area contributed by atoms with Crippen LogP contribution >= 0.6 is 0 Å². The minimum atomic E-state index is 0.499. The first-order valence-corrected chi connectivity index (χ1v) is 6.53. The van der Waals surface area contributed by atoms with Crippen LogP contribution in [0.15, 0.2) is 54.6 Å². The first-order chi connectivity index (χ1) is 9.40. The molecule has 1 aliphatic heterocycles. The van der Waals surface area contributed by atoms with Gasteiger partial charge in [0.25, 0.3) is 0 Å². The van der Waals surface area contributed by atoms with Gasteiger partial charge in [-0.1, -0.05) is 30.3 Å². The zero-order valence-corrected chi connectivity index (χ0v) is 10.7. The molecule has 0 saturated carbocycles. The maximum atomic E-state index is 5.81. The third kappa shape index (κ3) is 3.34. The zero-order chi connectivity index (χ0) is 12.9. The molecule has 0 bridgehead atoms. The van der Waals surface area contributed by atoms with Gasteiger partial charge in [0.1, 0.15) is 11.5 Å². The molecule has 2 aromatic rings. The van der Waals surface area contributed by atoms with Crippen molar-refractivity contribution in [1.82, 2.24) is 5.32 Å². The zero-order valence-electron chi connectivity index (χ0n) is 10.7. The summed E-state index contributed by atoms with van der Waals surface area (Å²) in [6.07, 6.45) is 0. The minimum absolute atomic E-state index is 0.499. The van der Waals surface area contributed by atoms with Crippen LogP contribution in [0.2, 0.25) is 0 Å². The fraction of sp³-hybridized carbons (Fsp3) is 0.250. The van der Waals surface area contributed by atoms with Gasteiger partial charge in [-0.05, 0) is 29.8 Å². The number of hydrogen-bond acceptors (Lipinski definition) is 3. The highest BCUT2D eigenvalue weighted by Gasteiger charge is 2.16. The molecule has 0 amide bonds. The van der Waals surface area contributed by atoms with Gasteiger partial charge in [-0.15, -0.1) is 0 Å². The first-order valence-electron chi connectivity index (χ1n) is 6.53. The van der Waals surface area contributed by atoms with Crippen molar-refractivity contribution in [2.45, 2.75) is 12.6 Å². The predicted octanol–water partition coefficient (Wildman–Crippen LogP) is 2.97. The average Bonchev–Trinajstić information content (AvgIpc) is 2.39. The summed E-state index contributed by atoms with van der Waals surface area (Å²) < 4.78 is 11.0. The molecule has 0 radical (unpaired) electrons. The van der Waals surface area contributed by atoms with E-state index >= 15 is 0 Å². The van der Waals surface area contributed by atoms with Gasteiger partial charge < -0.3 is 14.8 Å². The largest absolute Gasteiger partial charge is 0.457 e. The number of benzene rings is 2. The SMILES string of the molecule is c1ccc(Oc2cccc(CNC3COC3)c2)cc1. The van der Waals surface area contributed by atoms with Crippen LogP contribution in [0.1, 0.15) is 5.56 Å². The Balaban J connectivity index is 1.62. The van der Waals surface area contributed by atoms with Crippen LogP contribution in [-0.4, -0.2) is 19.3 Å². The second-order valence-electron chi connectivity index (χ2n) is 4.68. The van der Waals surface area contributed by atoms with Crippen molar-refractivity contribution < 1.29 is 9.47 Å². The van der Waals surface area contributed by atoms with Crippen molar-refractivity contribution in [1.29, 1.82) is 0 Å². The molecule has 0 spiro atoms. The molecular formula is C16H17NO2. The van der Waals surface area contributed by atoms with Crippen LogP contribution in [0.5, 0.6) is 11.5 Å². The third-order valence-corrected chi connectivity index (χ3v) is 3.11. The lowest BCUT2D eigenvalue weighted by Crippen LogP contribution is -2.45. The molecule has 3 heteroatoms. The molecule has 3 nitrogen and oxygen atoms in total. The van der Waals surface area contributed by atoms with E-state index in [9.17, 15) is 0 Å². The molecule has 0 aliphatic carbocycles. The molecule has 0 unspecified atom stereocenters. The summed E-state index contributed by atoms with van der Waals surface area (Å²) in [5.74, 6) is 1.73. The van der Waals surface area contributed by atoms with E-state index in [0.29, 0.717) is 6.04 Å². The van der Waals surface area contributed by atoms with Gasteiger partial charge in [0.2, 0.25) is 0 Å². The highest BCUT2D eigenvalue weighted by Crippen LogP contribution is 2.21. The van der Waals surface area contributed by atoms with Crippen LogP contribution < -0.4 is 10.1 Å². The van der Waals surface area contributed by atoms with Gasteiger partial charge in [-0.3, -0.25) is 0 Å². The summed E-state index contributed by atoms with van der Waals surface area (Å²) in [4.78, 5) is 0. The molecule has 1 aliphatic rings. The topological polar surface area (TPSA) is 30.5 Å². The Kier molecular flexibility index (Phi) is 3.77. The Morgan fingerprint density at radius 1 is 1.00 bits per heavy atom. The van der Waals surface area contributed by atoms with Crippen molar-refractivity contribution in [2.75, 3.05) is 13.2 Å². The molecule has 1 N–H and O–H groups in total. The van der Waals surface area contributed by atoms with Crippen molar-refractivity contribution >= 4 is 0 Å². The molecule has 3 rings (SSSR count). The predicted molar refractivity (Wildman–Crippen MR) is 74.4 cm³/mol. The smallest absolute Gasteiger partial charge is 0.127 e. The lowest BCUT2D eigenvalue weighted by atomic mass is 10.2. The summed E-state index contributed by atoms with van der Waals surface area (Å²) in [6.45, 7) is 2.49. The van der Waals surface area contributed by atoms with Crippen molar-refractivity contribution in [3.05, 3.63) is 60.2 Å². The quantitative estimate of drug-likeness (QED) is 0.891. The van der Waals surface area contributed by atoms with E-state index in [0.717, 1.165) is 31.3 Å². The monoisotopic (exact) mass is 255 g/mol. The van der Waals surface area contributed by atoms with Crippen molar-refractivity contribution in [2.24, 2.45) is 0 Å². The summed E-state index contributed by atoms with van der Waals surface area (Å²) in [5, 5.41) is 3.45. The van der Waals surface area contributed by atoms with Gasteiger partial charge in [0, 0.05) is 6.54 Å². The third-order valence-electron chi connectivity index (χ3n) is 3.11. The Morgan fingerprint density at radius 2 is 1.79 bits per heavy atom. The lowest BCUT2D eigenvalue weighted by Gasteiger charge is -2.27. The molecule has 19 heavy (non-hydrogen) atoms. The molecule has 0 aromatic heterocycles. The molecule has 0 atom stereocenters. The van der Waals surface area contributed by atoms with Gasteiger partial charge in [-0.2, -0.15) is 0 Å². The maximum absolute atomic E-state index is 5.81. The van der Waals surface area contributed by atoms with Crippen LogP contribution in [0, 0.1) is 0 Å². The van der Waals surface area contributed by atoms with E-state index in [1.807, 2.05) is 42.5 Å². The second kappa shape index (κ2) is 5.87. The number of ether oxygens (including phenoxy) is 2. The first kappa shape index (κ1) is 12.2. The molecule has 98 valence electrons. The van der Waals surface area contributed by atoms with E-state index in [2.05, 4.69) is 17.4 Å². The van der Waals surface area contributed by atoms with Gasteiger partial charge >= 0.3 is 0 Å². The molecule has 1 heterocycles. The fourth-order valence-corrected chi connectivity index (χ4v) is 1.96. The van der Waals surface area contributed by atoms with Crippen LogP contribution in [0.25, 0.3) is 0 Å². The van der Waals surface area contributed by atoms with Gasteiger partial charge in [0.15, 0.2) is 0 Å². The van der Waals surface area contributed by atoms with E-state index in [1.165, 1.54) is 5.56 Å². The summed E-state index contributed by atoms with van der Waals surface area (Å²) >= 11 is 0. The number of nitrogens with one attached hydrogen (secondary N) is 1. The molecule has 1 fully saturated rings. The average molecular weight is 255 g/mol. The van der Waals surface area contributed by atoms with E-state index in [-0.39, 0.29) is 0 Å². The second-order valence-corrected chi connectivity index (χ2v) is 4.68. The number of rotatable bonds is 5. The van der Waals surface area contributed by atoms with Crippen LogP contribution in [-0.2, 0) is 11.3 Å². The molecule has 1 saturated heterocycles. The van der Waals surface area contributed by atoms with Gasteiger partial charge in [0.05, 0.1) is 19.3 Å². The Morgan fingerprint density at radius 3 is 2.53 bits per heavy atom. The Hall–Kier alpha value is -1.84. The fourth-order valence-electron chi connectivity index (χ4n) is 1.96. The molecule has 2 aromatic carbocycles. The normalized spacial score (nSPS) is 14.9. The number of para-hydroxylation sites is 1. The highest BCUT2D eigenvalue weighted by molar-refractivity contribution is 5.33. The maximum Gasteiger partial charge on any atom is 0.127 e. The van der Waals surface area contributed by atoms with E-state index in [4.69, 9.17) is 9.47 Å². The van der Waals surface area contributed by atoms with Gasteiger partial charge in [-0.25, -0.2) is 0 Å². The Bertz CT molecular complexity index is 523. The van der Waals surface area contributed by atoms with Crippen molar-refractivity contribution in [3.8, 4) is 11.5 Å². The standard InChI is InChI=1S/C16H17NO2/c1-2-6-15(7-3-1)19-16-8-4-5-13(9-16)10-17-14-11-18-12-14/h1-9,14,17H,10-12H2. The van der Waals surface area contributed by atoms with Crippen LogP contribution in [0.3, 0.4) is 0 Å². The lowest BCUT2D eigenvalue weighted by molar-refractivity contribution is -0.00578.